The van der Waals surface area contributed by atoms with E-state index in [4.69, 9.17) is 28.3 Å². The first-order valence-electron chi connectivity index (χ1n) is 4.88. The Morgan fingerprint density at radius 3 is 2.69 bits per heavy atom. The summed E-state index contributed by atoms with van der Waals surface area (Å²) in [6, 6.07) is 5.49. The minimum atomic E-state index is -0.860. The van der Waals surface area contributed by atoms with E-state index in [2.05, 4.69) is 5.32 Å². The number of benzene rings is 1. The van der Waals surface area contributed by atoms with Crippen LogP contribution in [0, 0.1) is 0 Å². The average molecular weight is 262 g/mol. The lowest BCUT2D eigenvalue weighted by atomic mass is 10.1. The highest BCUT2D eigenvalue weighted by Gasteiger charge is 2.06. The van der Waals surface area contributed by atoms with Gasteiger partial charge in [-0.25, -0.2) is 0 Å². The fourth-order valence-electron chi connectivity index (χ4n) is 1.35. The molecule has 0 heterocycles. The molecule has 0 saturated carbocycles. The molecular weight excluding hydrogens is 249 g/mol. The quantitative estimate of drug-likeness (QED) is 0.857. The van der Waals surface area contributed by atoms with Crippen LogP contribution in [0.25, 0.3) is 0 Å². The number of carboxylic acid groups (broad SMARTS) is 1. The topological polar surface area (TPSA) is 49.3 Å². The molecule has 3 nitrogen and oxygen atoms in total. The summed E-state index contributed by atoms with van der Waals surface area (Å²) in [6.45, 7) is 1.88. The molecule has 1 atom stereocenters. The monoisotopic (exact) mass is 261 g/mol. The van der Waals surface area contributed by atoms with Crippen molar-refractivity contribution in [3.8, 4) is 0 Å². The van der Waals surface area contributed by atoms with Crippen molar-refractivity contribution in [1.29, 1.82) is 0 Å². The number of rotatable bonds is 5. The van der Waals surface area contributed by atoms with E-state index >= 15 is 0 Å². The van der Waals surface area contributed by atoms with E-state index in [1.165, 1.54) is 0 Å². The maximum absolute atomic E-state index is 10.4. The van der Waals surface area contributed by atoms with Gasteiger partial charge in [0.25, 0.3) is 0 Å². The molecule has 1 rings (SSSR count). The molecule has 1 aromatic rings. The zero-order chi connectivity index (χ0) is 12.1. The van der Waals surface area contributed by atoms with Gasteiger partial charge in [-0.05, 0) is 31.0 Å². The van der Waals surface area contributed by atoms with Gasteiger partial charge in [-0.1, -0.05) is 29.3 Å². The second kappa shape index (κ2) is 6.09. The molecule has 16 heavy (non-hydrogen) atoms. The van der Waals surface area contributed by atoms with Crippen LogP contribution in [-0.4, -0.2) is 23.7 Å². The minimum absolute atomic E-state index is 0.0392. The highest BCUT2D eigenvalue weighted by atomic mass is 35.5. The summed E-state index contributed by atoms with van der Waals surface area (Å²) in [7, 11) is 0. The van der Waals surface area contributed by atoms with E-state index in [0.717, 1.165) is 5.56 Å². The molecule has 88 valence electrons. The van der Waals surface area contributed by atoms with Crippen molar-refractivity contribution in [2.75, 3.05) is 6.54 Å². The van der Waals surface area contributed by atoms with Gasteiger partial charge in [0, 0.05) is 6.04 Å². The van der Waals surface area contributed by atoms with Gasteiger partial charge in [0.15, 0.2) is 0 Å². The molecule has 0 aliphatic rings. The van der Waals surface area contributed by atoms with E-state index in [9.17, 15) is 4.79 Å². The smallest absolute Gasteiger partial charge is 0.317 e. The average Bonchev–Trinajstić information content (AvgIpc) is 2.21. The Bertz CT molecular complexity index is 382. The molecule has 0 fully saturated rings. The standard InChI is InChI=1S/C11H13Cl2NO2/c1-7(14-6-11(15)16)4-8-2-3-9(12)10(13)5-8/h2-3,5,7,14H,4,6H2,1H3,(H,15,16). The molecular formula is C11H13Cl2NO2. The van der Waals surface area contributed by atoms with E-state index in [1.807, 2.05) is 13.0 Å². The molecule has 0 aromatic heterocycles. The lowest BCUT2D eigenvalue weighted by molar-refractivity contribution is -0.136. The Morgan fingerprint density at radius 2 is 2.12 bits per heavy atom. The van der Waals surface area contributed by atoms with Crippen LogP contribution in [0.3, 0.4) is 0 Å². The van der Waals surface area contributed by atoms with Gasteiger partial charge in [0.1, 0.15) is 0 Å². The van der Waals surface area contributed by atoms with Crippen LogP contribution in [-0.2, 0) is 11.2 Å². The van der Waals surface area contributed by atoms with Gasteiger partial charge in [-0.2, -0.15) is 0 Å². The van der Waals surface area contributed by atoms with Crippen molar-refractivity contribution in [2.24, 2.45) is 0 Å². The van der Waals surface area contributed by atoms with Crippen molar-refractivity contribution in [3.05, 3.63) is 33.8 Å². The second-order valence-electron chi connectivity index (χ2n) is 3.63. The Morgan fingerprint density at radius 1 is 1.44 bits per heavy atom. The highest BCUT2D eigenvalue weighted by Crippen LogP contribution is 2.23. The number of hydrogen-bond acceptors (Lipinski definition) is 2. The van der Waals surface area contributed by atoms with Crippen LogP contribution in [0.4, 0.5) is 0 Å². The van der Waals surface area contributed by atoms with Crippen molar-refractivity contribution in [2.45, 2.75) is 19.4 Å². The lowest BCUT2D eigenvalue weighted by Gasteiger charge is -2.12. The molecule has 2 N–H and O–H groups in total. The highest BCUT2D eigenvalue weighted by molar-refractivity contribution is 6.42. The lowest BCUT2D eigenvalue weighted by Crippen LogP contribution is -2.32. The Balaban J connectivity index is 2.52. The first-order chi connectivity index (χ1) is 7.49. The summed E-state index contributed by atoms with van der Waals surface area (Å²) in [5, 5.41) is 12.4. The van der Waals surface area contributed by atoms with E-state index in [0.29, 0.717) is 16.5 Å². The predicted molar refractivity (Wildman–Crippen MR) is 65.3 cm³/mol. The Labute approximate surface area is 104 Å². The number of aliphatic carboxylic acids is 1. The van der Waals surface area contributed by atoms with Gasteiger partial charge < -0.3 is 10.4 Å². The first kappa shape index (κ1) is 13.3. The zero-order valence-corrected chi connectivity index (χ0v) is 10.3. The molecule has 1 aromatic carbocycles. The van der Waals surface area contributed by atoms with Gasteiger partial charge in [-0.3, -0.25) is 4.79 Å². The summed E-state index contributed by atoms with van der Waals surface area (Å²) in [5.74, 6) is -0.860. The van der Waals surface area contributed by atoms with E-state index < -0.39 is 5.97 Å². The Kier molecular flexibility index (Phi) is 5.06. The number of halogens is 2. The predicted octanol–water partition coefficient (Wildman–Crippen LogP) is 2.60. The fourth-order valence-corrected chi connectivity index (χ4v) is 1.67. The number of carboxylic acids is 1. The summed E-state index contributed by atoms with van der Waals surface area (Å²) in [5.41, 5.74) is 1.03. The number of nitrogens with one attached hydrogen (secondary N) is 1. The van der Waals surface area contributed by atoms with Crippen LogP contribution >= 0.6 is 23.2 Å². The summed E-state index contributed by atoms with van der Waals surface area (Å²) < 4.78 is 0. The fraction of sp³-hybridized carbons (Fsp3) is 0.364. The molecule has 0 bridgehead atoms. The third-order valence-corrected chi connectivity index (χ3v) is 2.87. The van der Waals surface area contributed by atoms with Crippen LogP contribution in [0.15, 0.2) is 18.2 Å². The summed E-state index contributed by atoms with van der Waals surface area (Å²) >= 11 is 11.7. The van der Waals surface area contributed by atoms with Gasteiger partial charge in [0.2, 0.25) is 0 Å². The molecule has 0 saturated heterocycles. The largest absolute Gasteiger partial charge is 0.480 e. The Hall–Kier alpha value is -0.770. The molecule has 5 heteroatoms. The molecule has 0 spiro atoms. The van der Waals surface area contributed by atoms with Gasteiger partial charge in [-0.15, -0.1) is 0 Å². The maximum atomic E-state index is 10.4. The third-order valence-electron chi connectivity index (χ3n) is 2.13. The minimum Gasteiger partial charge on any atom is -0.480 e. The molecule has 0 radical (unpaired) electrons. The van der Waals surface area contributed by atoms with Crippen LogP contribution in [0.1, 0.15) is 12.5 Å². The summed E-state index contributed by atoms with van der Waals surface area (Å²) in [6.07, 6.45) is 0.712. The van der Waals surface area contributed by atoms with E-state index in [1.54, 1.807) is 12.1 Å². The molecule has 1 unspecified atom stereocenters. The SMILES string of the molecule is CC(Cc1ccc(Cl)c(Cl)c1)NCC(=O)O. The van der Waals surface area contributed by atoms with Gasteiger partial charge in [0.05, 0.1) is 16.6 Å². The maximum Gasteiger partial charge on any atom is 0.317 e. The van der Waals surface area contributed by atoms with Crippen molar-refractivity contribution in [1.82, 2.24) is 5.32 Å². The van der Waals surface area contributed by atoms with E-state index in [-0.39, 0.29) is 12.6 Å². The summed E-state index contributed by atoms with van der Waals surface area (Å²) in [4.78, 5) is 10.4. The third kappa shape index (κ3) is 4.39. The number of hydrogen-bond donors (Lipinski definition) is 2. The van der Waals surface area contributed by atoms with Crippen molar-refractivity contribution < 1.29 is 9.90 Å². The van der Waals surface area contributed by atoms with Crippen LogP contribution in [0.5, 0.6) is 0 Å². The van der Waals surface area contributed by atoms with Gasteiger partial charge >= 0.3 is 5.97 Å². The molecule has 0 amide bonds. The van der Waals surface area contributed by atoms with Crippen molar-refractivity contribution in [3.63, 3.8) is 0 Å². The second-order valence-corrected chi connectivity index (χ2v) is 4.44. The molecule has 0 aliphatic heterocycles. The normalized spacial score (nSPS) is 12.4. The van der Waals surface area contributed by atoms with Crippen LogP contribution < -0.4 is 5.32 Å². The molecule has 0 aliphatic carbocycles. The van der Waals surface area contributed by atoms with Crippen LogP contribution in [0.2, 0.25) is 10.0 Å². The first-order valence-corrected chi connectivity index (χ1v) is 5.63. The van der Waals surface area contributed by atoms with Crippen molar-refractivity contribution >= 4 is 29.2 Å². The zero-order valence-electron chi connectivity index (χ0n) is 8.84. The number of carbonyl (C=O) groups is 1.